The maximum Gasteiger partial charge on any atom is 0.171 e. The Morgan fingerprint density at radius 3 is 3.00 bits per heavy atom. The van der Waals surface area contributed by atoms with Gasteiger partial charge in [0.25, 0.3) is 0 Å². The van der Waals surface area contributed by atoms with Crippen LogP contribution in [0.1, 0.15) is 6.92 Å². The van der Waals surface area contributed by atoms with Gasteiger partial charge in [-0.05, 0) is 31.3 Å². The molecule has 0 saturated carbocycles. The molecule has 0 aliphatic heterocycles. The van der Waals surface area contributed by atoms with Crippen molar-refractivity contribution in [3.05, 3.63) is 36.7 Å². The Morgan fingerprint density at radius 2 is 2.43 bits per heavy atom. The van der Waals surface area contributed by atoms with Crippen LogP contribution in [-0.2, 0) is 0 Å². The van der Waals surface area contributed by atoms with Gasteiger partial charge in [-0.1, -0.05) is 12.2 Å². The molecule has 0 fully saturated rings. The Hall–Kier alpha value is -1.42. The molecule has 0 amide bonds. The lowest BCUT2D eigenvalue weighted by Gasteiger charge is -2.09. The molecule has 0 spiro atoms. The number of thiocarbonyl (C=S) groups is 1. The number of nitrogens with zero attached hydrogens (tertiary/aromatic N) is 1. The summed E-state index contributed by atoms with van der Waals surface area (Å²) in [5.41, 5.74) is 1.92. The van der Waals surface area contributed by atoms with Gasteiger partial charge in [-0.3, -0.25) is 4.98 Å². The van der Waals surface area contributed by atoms with Crippen molar-refractivity contribution in [3.63, 3.8) is 0 Å². The van der Waals surface area contributed by atoms with E-state index in [1.807, 2.05) is 19.1 Å². The summed E-state index contributed by atoms with van der Waals surface area (Å²) < 4.78 is 0. The van der Waals surface area contributed by atoms with E-state index in [-0.39, 0.29) is 0 Å². The highest BCUT2D eigenvalue weighted by molar-refractivity contribution is 7.80. The predicted octanol–water partition coefficient (Wildman–Crippen LogP) is 1.94. The average molecular weight is 207 g/mol. The van der Waals surface area contributed by atoms with Crippen LogP contribution in [-0.4, -0.2) is 16.6 Å². The molecule has 0 bridgehead atoms. The van der Waals surface area contributed by atoms with Crippen LogP contribution in [0.15, 0.2) is 36.7 Å². The van der Waals surface area contributed by atoms with Gasteiger partial charge in [-0.2, -0.15) is 0 Å². The van der Waals surface area contributed by atoms with Crippen molar-refractivity contribution in [2.75, 3.05) is 11.9 Å². The van der Waals surface area contributed by atoms with Crippen molar-refractivity contribution in [2.45, 2.75) is 6.92 Å². The third-order valence-corrected chi connectivity index (χ3v) is 1.72. The first-order valence-electron chi connectivity index (χ1n) is 4.28. The molecule has 2 N–H and O–H groups in total. The largest absolute Gasteiger partial charge is 0.359 e. The van der Waals surface area contributed by atoms with E-state index in [1.165, 1.54) is 0 Å². The van der Waals surface area contributed by atoms with Crippen LogP contribution in [0, 0.1) is 0 Å². The predicted molar refractivity (Wildman–Crippen MR) is 63.3 cm³/mol. The van der Waals surface area contributed by atoms with Gasteiger partial charge in [0.05, 0.1) is 11.9 Å². The van der Waals surface area contributed by atoms with E-state index in [4.69, 9.17) is 12.2 Å². The smallest absolute Gasteiger partial charge is 0.171 e. The second-order valence-electron chi connectivity index (χ2n) is 3.01. The van der Waals surface area contributed by atoms with Crippen LogP contribution in [0.4, 0.5) is 5.69 Å². The number of anilines is 1. The van der Waals surface area contributed by atoms with Crippen LogP contribution < -0.4 is 10.6 Å². The zero-order chi connectivity index (χ0) is 10.4. The SMILES string of the molecule is C=C(C)CNC(=S)Nc1cccnc1. The average Bonchev–Trinajstić information content (AvgIpc) is 2.16. The molecule has 0 aliphatic rings. The minimum absolute atomic E-state index is 0.584. The fraction of sp³-hybridized carbons (Fsp3) is 0.200. The summed E-state index contributed by atoms with van der Waals surface area (Å²) in [6, 6.07) is 3.76. The summed E-state index contributed by atoms with van der Waals surface area (Å²) in [5.74, 6) is 0. The second kappa shape index (κ2) is 5.34. The molecule has 74 valence electrons. The summed E-state index contributed by atoms with van der Waals surface area (Å²) in [6.07, 6.45) is 3.43. The molecule has 0 unspecified atom stereocenters. The zero-order valence-electron chi connectivity index (χ0n) is 8.08. The minimum atomic E-state index is 0.584. The van der Waals surface area contributed by atoms with E-state index in [9.17, 15) is 0 Å². The lowest BCUT2D eigenvalue weighted by atomic mass is 10.3. The van der Waals surface area contributed by atoms with Crippen LogP contribution >= 0.6 is 12.2 Å². The van der Waals surface area contributed by atoms with Crippen molar-refractivity contribution in [1.29, 1.82) is 0 Å². The molecule has 4 heteroatoms. The van der Waals surface area contributed by atoms with Gasteiger partial charge in [0.1, 0.15) is 0 Å². The molecule has 0 radical (unpaired) electrons. The maximum atomic E-state index is 5.06. The van der Waals surface area contributed by atoms with Gasteiger partial charge in [0.15, 0.2) is 5.11 Å². The molecule has 1 rings (SSSR count). The fourth-order valence-electron chi connectivity index (χ4n) is 0.843. The van der Waals surface area contributed by atoms with Crippen molar-refractivity contribution in [3.8, 4) is 0 Å². The Morgan fingerprint density at radius 1 is 1.64 bits per heavy atom. The molecule has 0 aliphatic carbocycles. The standard InChI is InChI=1S/C10H13N3S/c1-8(2)6-12-10(14)13-9-4-3-5-11-7-9/h3-5,7H,1,6H2,2H3,(H2,12,13,14). The summed E-state index contributed by atoms with van der Waals surface area (Å²) in [7, 11) is 0. The lowest BCUT2D eigenvalue weighted by Crippen LogP contribution is -2.29. The monoisotopic (exact) mass is 207 g/mol. The molecule has 0 saturated heterocycles. The normalized spacial score (nSPS) is 9.21. The maximum absolute atomic E-state index is 5.06. The van der Waals surface area contributed by atoms with Crippen LogP contribution in [0.25, 0.3) is 0 Å². The first kappa shape index (κ1) is 10.7. The summed E-state index contributed by atoms with van der Waals surface area (Å²) in [4.78, 5) is 3.97. The molecule has 0 aromatic carbocycles. The van der Waals surface area contributed by atoms with E-state index in [0.717, 1.165) is 11.3 Å². The van der Waals surface area contributed by atoms with E-state index >= 15 is 0 Å². The number of aromatic nitrogens is 1. The number of hydrogen-bond acceptors (Lipinski definition) is 2. The van der Waals surface area contributed by atoms with Gasteiger partial charge >= 0.3 is 0 Å². The van der Waals surface area contributed by atoms with Gasteiger partial charge in [-0.25, -0.2) is 0 Å². The van der Waals surface area contributed by atoms with Crippen molar-refractivity contribution in [1.82, 2.24) is 10.3 Å². The van der Waals surface area contributed by atoms with Crippen molar-refractivity contribution in [2.24, 2.45) is 0 Å². The Bertz CT molecular complexity index is 321. The van der Waals surface area contributed by atoms with Gasteiger partial charge in [0, 0.05) is 12.7 Å². The Kier molecular flexibility index (Phi) is 4.07. The first-order chi connectivity index (χ1) is 6.68. The Labute approximate surface area is 89.2 Å². The van der Waals surface area contributed by atoms with Crippen LogP contribution in [0.2, 0.25) is 0 Å². The highest BCUT2D eigenvalue weighted by atomic mass is 32.1. The number of rotatable bonds is 3. The van der Waals surface area contributed by atoms with Crippen molar-refractivity contribution < 1.29 is 0 Å². The highest BCUT2D eigenvalue weighted by Gasteiger charge is 1.95. The molecule has 14 heavy (non-hydrogen) atoms. The molecular formula is C10H13N3S. The van der Waals surface area contributed by atoms with E-state index in [1.54, 1.807) is 12.4 Å². The topological polar surface area (TPSA) is 37.0 Å². The number of hydrogen-bond donors (Lipinski definition) is 2. The molecule has 1 aromatic heterocycles. The molecule has 0 atom stereocenters. The Balaban J connectivity index is 2.38. The van der Waals surface area contributed by atoms with Gasteiger partial charge < -0.3 is 10.6 Å². The molecule has 3 nitrogen and oxygen atoms in total. The summed E-state index contributed by atoms with van der Waals surface area (Å²) in [6.45, 7) is 6.40. The van der Waals surface area contributed by atoms with E-state index in [0.29, 0.717) is 11.7 Å². The zero-order valence-corrected chi connectivity index (χ0v) is 8.90. The highest BCUT2D eigenvalue weighted by Crippen LogP contribution is 2.01. The lowest BCUT2D eigenvalue weighted by molar-refractivity contribution is 0.999. The third kappa shape index (κ3) is 4.00. The quantitative estimate of drug-likeness (QED) is 0.587. The van der Waals surface area contributed by atoms with E-state index in [2.05, 4.69) is 22.2 Å². The summed E-state index contributed by atoms with van der Waals surface area (Å²) in [5, 5.41) is 6.62. The summed E-state index contributed by atoms with van der Waals surface area (Å²) >= 11 is 5.06. The molecular weight excluding hydrogens is 194 g/mol. The van der Waals surface area contributed by atoms with Crippen LogP contribution in [0.3, 0.4) is 0 Å². The molecule has 1 heterocycles. The van der Waals surface area contributed by atoms with Gasteiger partial charge in [-0.15, -0.1) is 0 Å². The van der Waals surface area contributed by atoms with Gasteiger partial charge in [0.2, 0.25) is 0 Å². The van der Waals surface area contributed by atoms with Crippen LogP contribution in [0.5, 0.6) is 0 Å². The van der Waals surface area contributed by atoms with Crippen molar-refractivity contribution >= 4 is 23.0 Å². The minimum Gasteiger partial charge on any atom is -0.359 e. The number of pyridine rings is 1. The second-order valence-corrected chi connectivity index (χ2v) is 3.41. The fourth-order valence-corrected chi connectivity index (χ4v) is 1.03. The first-order valence-corrected chi connectivity index (χ1v) is 4.68. The number of nitrogens with one attached hydrogen (secondary N) is 2. The third-order valence-electron chi connectivity index (χ3n) is 1.47. The van der Waals surface area contributed by atoms with E-state index < -0.39 is 0 Å². The molecule has 1 aromatic rings.